The van der Waals surface area contributed by atoms with Gasteiger partial charge in [-0.2, -0.15) is 0 Å². The molecule has 0 amide bonds. The maximum Gasteiger partial charge on any atom is 0.338 e. The van der Waals surface area contributed by atoms with Gasteiger partial charge in [0.05, 0.1) is 18.8 Å². The van der Waals surface area contributed by atoms with Crippen molar-refractivity contribution in [2.24, 2.45) is 0 Å². The third kappa shape index (κ3) is 4.15. The van der Waals surface area contributed by atoms with Crippen LogP contribution in [0.5, 0.6) is 0 Å². The number of carbonyl (C=O) groups is 1. The Morgan fingerprint density at radius 3 is 2.57 bits per heavy atom. The molecule has 1 aliphatic heterocycles. The highest BCUT2D eigenvalue weighted by Gasteiger charge is 2.47. The molecule has 1 fully saturated rings. The molecule has 126 valence electrons. The van der Waals surface area contributed by atoms with Crippen LogP contribution in [0, 0.1) is 0 Å². The topological polar surface area (TPSA) is 105 Å². The molecule has 7 heteroatoms. The smallest absolute Gasteiger partial charge is 0.338 e. The Morgan fingerprint density at radius 1 is 1.26 bits per heavy atom. The van der Waals surface area contributed by atoms with Gasteiger partial charge in [-0.1, -0.05) is 24.3 Å². The number of rotatable bonds is 6. The quantitative estimate of drug-likeness (QED) is 0.494. The van der Waals surface area contributed by atoms with Crippen molar-refractivity contribution in [2.45, 2.75) is 30.7 Å². The number of hydrogen-bond donors (Lipinski definition) is 3. The number of aliphatic hydroxyl groups excluding tert-OH is 3. The average Bonchev–Trinajstić information content (AvgIpc) is 2.59. The molecule has 3 N–H and O–H groups in total. The number of carbonyl (C=O) groups excluding carboxylic acids is 1. The summed E-state index contributed by atoms with van der Waals surface area (Å²) in [5.41, 5.74) is 0.293. The fourth-order valence-corrected chi connectivity index (χ4v) is 2.24. The Bertz CT molecular complexity index is 518. The first-order valence-electron chi connectivity index (χ1n) is 7.19. The number of benzene rings is 1. The molecule has 1 aromatic rings. The lowest BCUT2D eigenvalue weighted by Gasteiger charge is -2.41. The molecule has 5 atom stereocenters. The normalized spacial score (nSPS) is 30.7. The largest absolute Gasteiger partial charge is 0.450 e. The van der Waals surface area contributed by atoms with Crippen LogP contribution in [0.25, 0.3) is 0 Å². The lowest BCUT2D eigenvalue weighted by Crippen LogP contribution is -2.60. The lowest BCUT2D eigenvalue weighted by atomic mass is 9.99. The molecule has 2 rings (SSSR count). The first-order valence-corrected chi connectivity index (χ1v) is 7.19. The molecule has 1 aromatic carbocycles. The summed E-state index contributed by atoms with van der Waals surface area (Å²) in [7, 11) is 0. The van der Waals surface area contributed by atoms with E-state index in [1.807, 2.05) is 0 Å². The van der Waals surface area contributed by atoms with Crippen molar-refractivity contribution in [1.82, 2.24) is 0 Å². The van der Waals surface area contributed by atoms with Crippen LogP contribution >= 0.6 is 0 Å². The summed E-state index contributed by atoms with van der Waals surface area (Å²) in [6, 6.07) is 8.22. The molecule has 7 nitrogen and oxygen atoms in total. The molecule has 0 bridgehead atoms. The maximum atomic E-state index is 12.1. The van der Waals surface area contributed by atoms with Gasteiger partial charge >= 0.3 is 5.97 Å². The Hall–Kier alpha value is -1.77. The highest BCUT2D eigenvalue weighted by molar-refractivity contribution is 5.89. The summed E-state index contributed by atoms with van der Waals surface area (Å²) in [4.78, 5) is 12.1. The second-order valence-corrected chi connectivity index (χ2v) is 5.06. The van der Waals surface area contributed by atoms with Gasteiger partial charge in [-0.25, -0.2) is 4.79 Å². The fraction of sp³-hybridized carbons (Fsp3) is 0.438. The Morgan fingerprint density at radius 2 is 1.96 bits per heavy atom. The monoisotopic (exact) mass is 324 g/mol. The fourth-order valence-electron chi connectivity index (χ4n) is 2.24. The van der Waals surface area contributed by atoms with Crippen LogP contribution in [-0.2, 0) is 14.2 Å². The van der Waals surface area contributed by atoms with Crippen LogP contribution in [0.2, 0.25) is 0 Å². The van der Waals surface area contributed by atoms with E-state index < -0.39 is 43.3 Å². The van der Waals surface area contributed by atoms with Crippen molar-refractivity contribution >= 4 is 5.97 Å². The first-order chi connectivity index (χ1) is 11.1. The molecule has 1 heterocycles. The molecule has 0 spiro atoms. The van der Waals surface area contributed by atoms with Gasteiger partial charge in [0.25, 0.3) is 0 Å². The van der Waals surface area contributed by atoms with Crippen LogP contribution in [0.1, 0.15) is 10.4 Å². The van der Waals surface area contributed by atoms with E-state index in [4.69, 9.17) is 14.2 Å². The average molecular weight is 324 g/mol. The molecule has 1 aliphatic rings. The van der Waals surface area contributed by atoms with Gasteiger partial charge < -0.3 is 29.5 Å². The van der Waals surface area contributed by atoms with Gasteiger partial charge in [0.2, 0.25) is 0 Å². The number of hydrogen-bond acceptors (Lipinski definition) is 7. The summed E-state index contributed by atoms with van der Waals surface area (Å²) in [5.74, 6) is -0.680. The summed E-state index contributed by atoms with van der Waals surface area (Å²) in [6.45, 7) is 3.08. The standard InChI is InChI=1S/C16H20O7/c1-2-8-21-16-14(13(19)12(18)11(9-17)22-16)23-15(20)10-6-4-3-5-7-10/h2-7,11-14,16-19H,1,8-9H2/t11-,12-,13+,14-,16+/m1/s1. The molecule has 0 aliphatic carbocycles. The summed E-state index contributed by atoms with van der Waals surface area (Å²) < 4.78 is 15.9. The summed E-state index contributed by atoms with van der Waals surface area (Å²) >= 11 is 0. The van der Waals surface area contributed by atoms with Gasteiger partial charge in [0, 0.05) is 0 Å². The molecule has 0 saturated carbocycles. The molecule has 23 heavy (non-hydrogen) atoms. The number of aliphatic hydroxyl groups is 3. The van der Waals surface area contributed by atoms with Gasteiger partial charge in [-0.3, -0.25) is 0 Å². The Balaban J connectivity index is 2.14. The predicted octanol–water partition coefficient (Wildman–Crippen LogP) is -0.146. The molecule has 0 aromatic heterocycles. The zero-order valence-electron chi connectivity index (χ0n) is 12.4. The SMILES string of the molecule is C=CCO[C@H]1O[C@H](CO)[C@@H](O)[C@H](O)[C@H]1OC(=O)c1ccccc1. The van der Waals surface area contributed by atoms with Gasteiger partial charge in [-0.05, 0) is 12.1 Å². The summed E-state index contributed by atoms with van der Waals surface area (Å²) in [5, 5.41) is 29.3. The van der Waals surface area contributed by atoms with Gasteiger partial charge in [0.15, 0.2) is 12.4 Å². The van der Waals surface area contributed by atoms with Gasteiger partial charge in [0.1, 0.15) is 18.3 Å². The van der Waals surface area contributed by atoms with E-state index in [0.717, 1.165) is 0 Å². The van der Waals surface area contributed by atoms with Crippen LogP contribution in [0.15, 0.2) is 43.0 Å². The minimum absolute atomic E-state index is 0.0883. The maximum absolute atomic E-state index is 12.1. The molecular weight excluding hydrogens is 304 g/mol. The van der Waals surface area contributed by atoms with E-state index in [1.54, 1.807) is 30.3 Å². The van der Waals surface area contributed by atoms with Crippen molar-refractivity contribution in [3.8, 4) is 0 Å². The van der Waals surface area contributed by atoms with E-state index >= 15 is 0 Å². The minimum atomic E-state index is -1.46. The highest BCUT2D eigenvalue weighted by atomic mass is 16.7. The Labute approximate surface area is 133 Å². The first kappa shape index (κ1) is 17.6. The van der Waals surface area contributed by atoms with Crippen molar-refractivity contribution in [3.63, 3.8) is 0 Å². The molecular formula is C16H20O7. The number of ether oxygens (including phenoxy) is 3. The van der Waals surface area contributed by atoms with E-state index in [-0.39, 0.29) is 6.61 Å². The van der Waals surface area contributed by atoms with Crippen molar-refractivity contribution in [2.75, 3.05) is 13.2 Å². The van der Waals surface area contributed by atoms with E-state index in [0.29, 0.717) is 5.56 Å². The van der Waals surface area contributed by atoms with Crippen molar-refractivity contribution < 1.29 is 34.3 Å². The van der Waals surface area contributed by atoms with Crippen LogP contribution < -0.4 is 0 Å². The lowest BCUT2D eigenvalue weighted by molar-refractivity contribution is -0.297. The third-order valence-corrected chi connectivity index (χ3v) is 3.46. The van der Waals surface area contributed by atoms with E-state index in [2.05, 4.69) is 6.58 Å². The van der Waals surface area contributed by atoms with Crippen molar-refractivity contribution in [3.05, 3.63) is 48.6 Å². The number of esters is 1. The summed E-state index contributed by atoms with van der Waals surface area (Å²) in [6.07, 6.45) is -4.80. The molecule has 1 saturated heterocycles. The predicted molar refractivity (Wildman–Crippen MR) is 79.6 cm³/mol. The Kier molecular flexibility index (Phi) is 6.26. The van der Waals surface area contributed by atoms with Crippen LogP contribution in [-0.4, -0.2) is 65.2 Å². The van der Waals surface area contributed by atoms with Gasteiger partial charge in [-0.15, -0.1) is 6.58 Å². The zero-order chi connectivity index (χ0) is 16.8. The van der Waals surface area contributed by atoms with Crippen molar-refractivity contribution in [1.29, 1.82) is 0 Å². The van der Waals surface area contributed by atoms with Crippen LogP contribution in [0.4, 0.5) is 0 Å². The zero-order valence-corrected chi connectivity index (χ0v) is 12.4. The molecule has 0 unspecified atom stereocenters. The van der Waals surface area contributed by atoms with E-state index in [1.165, 1.54) is 6.08 Å². The van der Waals surface area contributed by atoms with Crippen LogP contribution in [0.3, 0.4) is 0 Å². The second kappa shape index (κ2) is 8.19. The third-order valence-electron chi connectivity index (χ3n) is 3.46. The van der Waals surface area contributed by atoms with E-state index in [9.17, 15) is 20.1 Å². The minimum Gasteiger partial charge on any atom is -0.450 e. The highest BCUT2D eigenvalue weighted by Crippen LogP contribution is 2.25. The molecule has 0 radical (unpaired) electrons. The second-order valence-electron chi connectivity index (χ2n) is 5.06.